The maximum Gasteiger partial charge on any atom is 0.261 e. The van der Waals surface area contributed by atoms with Gasteiger partial charge >= 0.3 is 0 Å². The molecule has 2 N–H and O–H groups in total. The van der Waals surface area contributed by atoms with Crippen molar-refractivity contribution < 1.29 is 4.52 Å². The Kier molecular flexibility index (Phi) is 1.51. The minimum absolute atomic E-state index is 0.161. The van der Waals surface area contributed by atoms with Crippen LogP contribution >= 0.6 is 0 Å². The standard InChI is InChI=1S/C8H7N3O/c9-8-10-7(12-11-8)6-4-2-1-3-5-6/h1-5H,(H2,9,11). The van der Waals surface area contributed by atoms with Gasteiger partial charge in [-0.05, 0) is 17.3 Å². The molecule has 0 amide bonds. The van der Waals surface area contributed by atoms with Crippen molar-refractivity contribution in [2.45, 2.75) is 0 Å². The van der Waals surface area contributed by atoms with E-state index in [1.807, 2.05) is 30.3 Å². The first-order valence-electron chi connectivity index (χ1n) is 3.51. The number of rotatable bonds is 1. The van der Waals surface area contributed by atoms with Crippen LogP contribution in [0.1, 0.15) is 0 Å². The summed E-state index contributed by atoms with van der Waals surface area (Å²) in [7, 11) is 0. The Balaban J connectivity index is 2.45. The van der Waals surface area contributed by atoms with Crippen molar-refractivity contribution >= 4 is 5.95 Å². The van der Waals surface area contributed by atoms with Crippen molar-refractivity contribution in [3.05, 3.63) is 30.3 Å². The van der Waals surface area contributed by atoms with E-state index in [4.69, 9.17) is 10.3 Å². The maximum atomic E-state index is 5.30. The molecule has 0 aliphatic carbocycles. The second-order valence-corrected chi connectivity index (χ2v) is 2.32. The summed E-state index contributed by atoms with van der Waals surface area (Å²) in [4.78, 5) is 3.88. The average Bonchev–Trinajstić information content (AvgIpc) is 2.54. The van der Waals surface area contributed by atoms with Gasteiger partial charge in [0.1, 0.15) is 0 Å². The van der Waals surface area contributed by atoms with Crippen molar-refractivity contribution in [1.29, 1.82) is 0 Å². The highest BCUT2D eigenvalue weighted by molar-refractivity contribution is 5.53. The highest BCUT2D eigenvalue weighted by atomic mass is 16.5. The molecule has 0 radical (unpaired) electrons. The van der Waals surface area contributed by atoms with Crippen LogP contribution in [0.5, 0.6) is 0 Å². The van der Waals surface area contributed by atoms with Gasteiger partial charge in [0.05, 0.1) is 0 Å². The van der Waals surface area contributed by atoms with Gasteiger partial charge in [-0.1, -0.05) is 18.2 Å². The topological polar surface area (TPSA) is 64.9 Å². The lowest BCUT2D eigenvalue weighted by atomic mass is 10.2. The lowest BCUT2D eigenvalue weighted by molar-refractivity contribution is 0.433. The van der Waals surface area contributed by atoms with E-state index in [1.165, 1.54) is 0 Å². The van der Waals surface area contributed by atoms with Crippen LogP contribution in [0.4, 0.5) is 5.95 Å². The van der Waals surface area contributed by atoms with Crippen LogP contribution in [-0.2, 0) is 0 Å². The third-order valence-corrected chi connectivity index (χ3v) is 1.46. The summed E-state index contributed by atoms with van der Waals surface area (Å²) in [6.45, 7) is 0. The quantitative estimate of drug-likeness (QED) is 0.685. The van der Waals surface area contributed by atoms with Crippen LogP contribution in [0.3, 0.4) is 0 Å². The van der Waals surface area contributed by atoms with Crippen molar-refractivity contribution in [3.8, 4) is 11.5 Å². The fraction of sp³-hybridized carbons (Fsp3) is 0. The number of hydrogen-bond donors (Lipinski definition) is 1. The van der Waals surface area contributed by atoms with E-state index in [9.17, 15) is 0 Å². The molecular formula is C8H7N3O. The Morgan fingerprint density at radius 2 is 1.92 bits per heavy atom. The second-order valence-electron chi connectivity index (χ2n) is 2.32. The van der Waals surface area contributed by atoms with Crippen LogP contribution in [0, 0.1) is 0 Å². The zero-order chi connectivity index (χ0) is 8.39. The third-order valence-electron chi connectivity index (χ3n) is 1.46. The highest BCUT2D eigenvalue weighted by Gasteiger charge is 2.03. The summed E-state index contributed by atoms with van der Waals surface area (Å²) in [5.41, 5.74) is 6.18. The van der Waals surface area contributed by atoms with Crippen molar-refractivity contribution in [3.63, 3.8) is 0 Å². The summed E-state index contributed by atoms with van der Waals surface area (Å²) in [5, 5.41) is 3.48. The van der Waals surface area contributed by atoms with E-state index >= 15 is 0 Å². The van der Waals surface area contributed by atoms with Gasteiger partial charge in [-0.25, -0.2) is 0 Å². The van der Waals surface area contributed by atoms with Gasteiger partial charge in [0, 0.05) is 5.56 Å². The van der Waals surface area contributed by atoms with E-state index < -0.39 is 0 Å². The number of nitrogens with zero attached hydrogens (tertiary/aromatic N) is 2. The SMILES string of the molecule is Nc1noc(-c2ccccc2)n1. The van der Waals surface area contributed by atoms with Gasteiger partial charge in [0.2, 0.25) is 0 Å². The minimum Gasteiger partial charge on any atom is -0.365 e. The fourth-order valence-electron chi connectivity index (χ4n) is 0.933. The molecule has 0 fully saturated rings. The summed E-state index contributed by atoms with van der Waals surface area (Å²) in [5.74, 6) is 0.613. The predicted molar refractivity (Wildman–Crippen MR) is 44.1 cm³/mol. The smallest absolute Gasteiger partial charge is 0.261 e. The molecule has 4 heteroatoms. The number of benzene rings is 1. The molecule has 0 saturated heterocycles. The van der Waals surface area contributed by atoms with Crippen LogP contribution in [-0.4, -0.2) is 10.1 Å². The van der Waals surface area contributed by atoms with Gasteiger partial charge in [0.15, 0.2) is 0 Å². The van der Waals surface area contributed by atoms with Gasteiger partial charge < -0.3 is 10.3 Å². The van der Waals surface area contributed by atoms with E-state index in [-0.39, 0.29) is 5.95 Å². The first-order valence-corrected chi connectivity index (χ1v) is 3.51. The lowest BCUT2D eigenvalue weighted by Gasteiger charge is -1.89. The molecule has 60 valence electrons. The summed E-state index contributed by atoms with van der Waals surface area (Å²) in [6.07, 6.45) is 0. The van der Waals surface area contributed by atoms with E-state index in [2.05, 4.69) is 10.1 Å². The largest absolute Gasteiger partial charge is 0.365 e. The van der Waals surface area contributed by atoms with Crippen LogP contribution in [0.2, 0.25) is 0 Å². The van der Waals surface area contributed by atoms with E-state index in [1.54, 1.807) is 0 Å². The van der Waals surface area contributed by atoms with Crippen molar-refractivity contribution in [2.24, 2.45) is 0 Å². The average molecular weight is 161 g/mol. The van der Waals surface area contributed by atoms with Crippen molar-refractivity contribution in [1.82, 2.24) is 10.1 Å². The first kappa shape index (κ1) is 6.84. The monoisotopic (exact) mass is 161 g/mol. The Morgan fingerprint density at radius 1 is 1.17 bits per heavy atom. The normalized spacial score (nSPS) is 10.0. The number of anilines is 1. The van der Waals surface area contributed by atoms with Gasteiger partial charge in [-0.2, -0.15) is 4.98 Å². The second kappa shape index (κ2) is 2.65. The molecule has 0 spiro atoms. The molecule has 4 nitrogen and oxygen atoms in total. The zero-order valence-electron chi connectivity index (χ0n) is 6.27. The Morgan fingerprint density at radius 3 is 2.50 bits per heavy atom. The van der Waals surface area contributed by atoms with Crippen LogP contribution in [0.15, 0.2) is 34.9 Å². The highest BCUT2D eigenvalue weighted by Crippen LogP contribution is 2.15. The number of nitrogen functional groups attached to an aromatic ring is 1. The Bertz CT molecular complexity index is 369. The van der Waals surface area contributed by atoms with Crippen LogP contribution < -0.4 is 5.73 Å². The number of hydrogen-bond acceptors (Lipinski definition) is 4. The molecule has 1 aromatic carbocycles. The van der Waals surface area contributed by atoms with Crippen molar-refractivity contribution in [2.75, 3.05) is 5.73 Å². The molecule has 1 heterocycles. The fourth-order valence-corrected chi connectivity index (χ4v) is 0.933. The minimum atomic E-state index is 0.161. The molecule has 0 saturated carbocycles. The van der Waals surface area contributed by atoms with Gasteiger partial charge in [0.25, 0.3) is 11.8 Å². The zero-order valence-corrected chi connectivity index (χ0v) is 6.27. The molecule has 2 rings (SSSR count). The van der Waals surface area contributed by atoms with E-state index in [0.717, 1.165) is 5.56 Å². The molecule has 12 heavy (non-hydrogen) atoms. The number of aromatic nitrogens is 2. The van der Waals surface area contributed by atoms with Gasteiger partial charge in [-0.15, -0.1) is 0 Å². The Labute approximate surface area is 69.0 Å². The summed E-state index contributed by atoms with van der Waals surface area (Å²) in [6, 6.07) is 9.48. The first-order chi connectivity index (χ1) is 5.86. The molecule has 0 bridgehead atoms. The van der Waals surface area contributed by atoms with Crippen LogP contribution in [0.25, 0.3) is 11.5 Å². The molecule has 1 aromatic heterocycles. The van der Waals surface area contributed by atoms with E-state index in [0.29, 0.717) is 5.89 Å². The molecular weight excluding hydrogens is 154 g/mol. The molecule has 0 atom stereocenters. The lowest BCUT2D eigenvalue weighted by Crippen LogP contribution is -1.85. The Hall–Kier alpha value is -1.84. The predicted octanol–water partition coefficient (Wildman–Crippen LogP) is 1.32. The number of nitrogens with two attached hydrogens (primary N) is 1. The summed E-state index contributed by atoms with van der Waals surface area (Å²) < 4.78 is 4.86. The summed E-state index contributed by atoms with van der Waals surface area (Å²) >= 11 is 0. The molecule has 0 aliphatic heterocycles. The maximum absolute atomic E-state index is 5.30. The molecule has 0 unspecified atom stereocenters. The van der Waals surface area contributed by atoms with Gasteiger partial charge in [-0.3, -0.25) is 0 Å². The third kappa shape index (κ3) is 1.14. The molecule has 2 aromatic rings. The molecule has 0 aliphatic rings.